The van der Waals surface area contributed by atoms with E-state index in [-0.39, 0.29) is 22.1 Å². The summed E-state index contributed by atoms with van der Waals surface area (Å²) in [6.07, 6.45) is 0.644. The number of fused-ring (bicyclic) bond motifs is 1. The number of nitriles is 1. The molecule has 0 atom stereocenters. The van der Waals surface area contributed by atoms with Crippen LogP contribution in [-0.4, -0.2) is 32.0 Å². The zero-order chi connectivity index (χ0) is 23.9. The second kappa shape index (κ2) is 8.46. The molecule has 33 heavy (non-hydrogen) atoms. The Bertz CT molecular complexity index is 1450. The number of rotatable bonds is 5. The van der Waals surface area contributed by atoms with Crippen LogP contribution in [0, 0.1) is 23.0 Å². The molecule has 0 saturated carbocycles. The van der Waals surface area contributed by atoms with E-state index in [2.05, 4.69) is 26.2 Å². The molecule has 0 fully saturated rings. The molecule has 6 nitrogen and oxygen atoms in total. The van der Waals surface area contributed by atoms with Crippen molar-refractivity contribution in [3.63, 3.8) is 0 Å². The van der Waals surface area contributed by atoms with Crippen LogP contribution in [0.4, 0.5) is 8.78 Å². The first-order chi connectivity index (χ1) is 15.6. The fourth-order valence-corrected chi connectivity index (χ4v) is 4.25. The van der Waals surface area contributed by atoms with Gasteiger partial charge in [-0.2, -0.15) is 5.26 Å². The first-order valence-electron chi connectivity index (χ1n) is 9.86. The first-order valence-corrected chi connectivity index (χ1v) is 10.7. The van der Waals surface area contributed by atoms with E-state index in [4.69, 9.17) is 5.26 Å². The quantitative estimate of drug-likeness (QED) is 0.369. The minimum Gasteiger partial charge on any atom is -0.389 e. The lowest BCUT2D eigenvalue weighted by Gasteiger charge is -2.18. The number of aliphatic hydroxyl groups is 1. The molecule has 0 spiro atoms. The van der Waals surface area contributed by atoms with E-state index in [9.17, 15) is 14.3 Å². The van der Waals surface area contributed by atoms with Gasteiger partial charge in [0.1, 0.15) is 35.0 Å². The Morgan fingerprint density at radius 1 is 1.15 bits per heavy atom. The van der Waals surface area contributed by atoms with Gasteiger partial charge in [0, 0.05) is 11.1 Å². The summed E-state index contributed by atoms with van der Waals surface area (Å²) < 4.78 is 31.5. The molecule has 4 aromatic rings. The van der Waals surface area contributed by atoms with Crippen molar-refractivity contribution in [3.8, 4) is 28.3 Å². The lowest BCUT2D eigenvalue weighted by atomic mass is 9.92. The molecule has 9 heteroatoms. The summed E-state index contributed by atoms with van der Waals surface area (Å²) in [7, 11) is 0. The number of hydrogen-bond acceptors (Lipinski definition) is 5. The number of carbonyl (C=O) groups excluding carboxylic acids is 1. The zero-order valence-electron chi connectivity index (χ0n) is 17.6. The van der Waals surface area contributed by atoms with E-state index in [1.54, 1.807) is 32.0 Å². The monoisotopic (exact) mass is 510 g/mol. The van der Waals surface area contributed by atoms with Crippen molar-refractivity contribution in [2.24, 2.45) is 0 Å². The van der Waals surface area contributed by atoms with E-state index in [0.717, 1.165) is 0 Å². The summed E-state index contributed by atoms with van der Waals surface area (Å²) in [6, 6.07) is 12.0. The van der Waals surface area contributed by atoms with Crippen LogP contribution in [-0.2, 0) is 6.54 Å². The topological polar surface area (TPSA) is 91.8 Å². The molecule has 0 unspecified atom stereocenters. The molecule has 0 aliphatic heterocycles. The van der Waals surface area contributed by atoms with Crippen molar-refractivity contribution in [2.75, 3.05) is 0 Å². The minimum absolute atomic E-state index is 0.102. The zero-order valence-corrected chi connectivity index (χ0v) is 19.2. The standard InChI is InChI=1S/C24H17BrF2N4O2/c1-24(2,33)12-31-23-20(29-30-31)9-18(22(27)21(23)25)16-6-3-13(11-32)7-17(16)14-4-5-15(10-28)19(26)8-14/h3-9,11,33H,12H2,1-2H3. The minimum atomic E-state index is -1.09. The number of nitrogens with zero attached hydrogens (tertiary/aromatic N) is 4. The predicted molar refractivity (Wildman–Crippen MR) is 122 cm³/mol. The summed E-state index contributed by atoms with van der Waals surface area (Å²) >= 11 is 3.30. The van der Waals surface area contributed by atoms with Crippen molar-refractivity contribution in [3.05, 3.63) is 69.7 Å². The van der Waals surface area contributed by atoms with Crippen LogP contribution in [0.2, 0.25) is 0 Å². The van der Waals surface area contributed by atoms with Crippen molar-refractivity contribution in [1.29, 1.82) is 5.26 Å². The van der Waals surface area contributed by atoms with E-state index in [1.165, 1.54) is 35.0 Å². The number of carbonyl (C=O) groups is 1. The van der Waals surface area contributed by atoms with E-state index in [0.29, 0.717) is 39.6 Å². The maximum Gasteiger partial charge on any atom is 0.150 e. The molecule has 166 valence electrons. The van der Waals surface area contributed by atoms with Gasteiger partial charge in [-0.1, -0.05) is 23.4 Å². The van der Waals surface area contributed by atoms with Gasteiger partial charge < -0.3 is 5.11 Å². The summed E-state index contributed by atoms with van der Waals surface area (Å²) in [6.45, 7) is 3.32. The van der Waals surface area contributed by atoms with Gasteiger partial charge in [0.2, 0.25) is 0 Å². The highest BCUT2D eigenvalue weighted by atomic mass is 79.9. The highest BCUT2D eigenvalue weighted by Crippen LogP contribution is 2.39. The maximum absolute atomic E-state index is 15.6. The predicted octanol–water partition coefficient (Wildman–Crippen LogP) is 5.26. The largest absolute Gasteiger partial charge is 0.389 e. The number of aldehydes is 1. The fourth-order valence-electron chi connectivity index (χ4n) is 3.63. The van der Waals surface area contributed by atoms with Crippen molar-refractivity contribution >= 4 is 33.2 Å². The fraction of sp³-hybridized carbons (Fsp3) is 0.167. The molecule has 0 aliphatic rings. The smallest absolute Gasteiger partial charge is 0.150 e. The molecule has 1 heterocycles. The van der Waals surface area contributed by atoms with Crippen molar-refractivity contribution in [1.82, 2.24) is 15.0 Å². The highest BCUT2D eigenvalue weighted by Gasteiger charge is 2.23. The molecular formula is C24H17BrF2N4O2. The van der Waals surface area contributed by atoms with Gasteiger partial charge >= 0.3 is 0 Å². The van der Waals surface area contributed by atoms with E-state index in [1.807, 2.05) is 0 Å². The molecular weight excluding hydrogens is 494 g/mol. The number of benzene rings is 3. The van der Waals surface area contributed by atoms with Crippen LogP contribution in [0.15, 0.2) is 46.9 Å². The molecule has 4 rings (SSSR count). The van der Waals surface area contributed by atoms with Gasteiger partial charge in [-0.15, -0.1) is 5.10 Å². The van der Waals surface area contributed by atoms with Crippen LogP contribution in [0.1, 0.15) is 29.8 Å². The molecule has 3 aromatic carbocycles. The summed E-state index contributed by atoms with van der Waals surface area (Å²) in [5.41, 5.74) is 1.26. The molecule has 0 bridgehead atoms. The number of hydrogen-bond donors (Lipinski definition) is 1. The maximum atomic E-state index is 15.6. The average Bonchev–Trinajstić information content (AvgIpc) is 3.16. The average molecular weight is 511 g/mol. The molecule has 1 N–H and O–H groups in total. The first kappa shape index (κ1) is 22.7. The third kappa shape index (κ3) is 4.27. The van der Waals surface area contributed by atoms with Crippen LogP contribution in [0.25, 0.3) is 33.3 Å². The summed E-state index contributed by atoms with van der Waals surface area (Å²) in [4.78, 5) is 11.4. The lowest BCUT2D eigenvalue weighted by molar-refractivity contribution is 0.0584. The van der Waals surface area contributed by atoms with Crippen molar-refractivity contribution in [2.45, 2.75) is 26.0 Å². The third-order valence-electron chi connectivity index (χ3n) is 5.09. The summed E-state index contributed by atoms with van der Waals surface area (Å²) in [5.74, 6) is -1.32. The van der Waals surface area contributed by atoms with Gasteiger partial charge in [-0.25, -0.2) is 13.5 Å². The van der Waals surface area contributed by atoms with Crippen LogP contribution < -0.4 is 0 Å². The third-order valence-corrected chi connectivity index (χ3v) is 5.81. The lowest BCUT2D eigenvalue weighted by Crippen LogP contribution is -2.26. The molecule has 1 aromatic heterocycles. The molecule has 0 saturated heterocycles. The Morgan fingerprint density at radius 2 is 1.91 bits per heavy atom. The molecule has 0 aliphatic carbocycles. The van der Waals surface area contributed by atoms with Gasteiger partial charge in [-0.3, -0.25) is 4.79 Å². The van der Waals surface area contributed by atoms with Gasteiger partial charge in [-0.05, 0) is 70.7 Å². The molecule has 0 amide bonds. The van der Waals surface area contributed by atoms with Crippen LogP contribution in [0.3, 0.4) is 0 Å². The normalized spacial score (nSPS) is 11.5. The summed E-state index contributed by atoms with van der Waals surface area (Å²) in [5, 5.41) is 27.3. The van der Waals surface area contributed by atoms with Crippen molar-refractivity contribution < 1.29 is 18.7 Å². The van der Waals surface area contributed by atoms with Gasteiger partial charge in [0.15, 0.2) is 0 Å². The Hall–Kier alpha value is -3.48. The Kier molecular flexibility index (Phi) is 5.82. The second-order valence-corrected chi connectivity index (χ2v) is 9.00. The number of aromatic nitrogens is 3. The van der Waals surface area contributed by atoms with E-state index < -0.39 is 17.2 Å². The Balaban J connectivity index is 1.95. The molecule has 0 radical (unpaired) electrons. The number of halogens is 3. The van der Waals surface area contributed by atoms with Gasteiger partial charge in [0.05, 0.1) is 22.2 Å². The Morgan fingerprint density at radius 3 is 2.55 bits per heavy atom. The van der Waals surface area contributed by atoms with Gasteiger partial charge in [0.25, 0.3) is 0 Å². The second-order valence-electron chi connectivity index (χ2n) is 8.21. The van der Waals surface area contributed by atoms with E-state index >= 15 is 4.39 Å². The SMILES string of the molecule is CC(C)(O)Cn1nnc2cc(-c3ccc(C=O)cc3-c3ccc(C#N)c(F)c3)c(F)c(Br)c21. The highest BCUT2D eigenvalue weighted by molar-refractivity contribution is 9.10. The van der Waals surface area contributed by atoms with Crippen LogP contribution >= 0.6 is 15.9 Å². The van der Waals surface area contributed by atoms with Crippen LogP contribution in [0.5, 0.6) is 0 Å². The Labute approximate surface area is 196 Å².